The Morgan fingerprint density at radius 3 is 2.32 bits per heavy atom. The summed E-state index contributed by atoms with van der Waals surface area (Å²) in [6.07, 6.45) is 1.55. The molecule has 176 valence electrons. The number of carbonyl (C=O) groups is 1. The van der Waals surface area contributed by atoms with E-state index >= 15 is 0 Å². The molecular weight excluding hydrogens is 452 g/mol. The van der Waals surface area contributed by atoms with Crippen LogP contribution in [0.1, 0.15) is 24.0 Å². The Labute approximate surface area is 199 Å². The number of sulfonamides is 1. The second kappa shape index (κ2) is 8.14. The number of nitrogens with zero attached hydrogens (tertiary/aromatic N) is 1. The van der Waals surface area contributed by atoms with Crippen molar-refractivity contribution in [2.75, 3.05) is 26.2 Å². The molecule has 0 spiro atoms. The highest BCUT2D eigenvalue weighted by atomic mass is 32.2. The highest BCUT2D eigenvalue weighted by Crippen LogP contribution is 2.51. The molecule has 0 bridgehead atoms. The van der Waals surface area contributed by atoms with Crippen molar-refractivity contribution in [2.45, 2.75) is 30.1 Å². The van der Waals surface area contributed by atoms with Gasteiger partial charge in [-0.25, -0.2) is 12.7 Å². The Hall–Kier alpha value is -3.36. The summed E-state index contributed by atoms with van der Waals surface area (Å²) >= 11 is 0. The van der Waals surface area contributed by atoms with E-state index in [4.69, 9.17) is 9.47 Å². The van der Waals surface area contributed by atoms with Gasteiger partial charge in [0.05, 0.1) is 10.3 Å². The fourth-order valence-electron chi connectivity index (χ4n) is 4.24. The largest absolute Gasteiger partial charge is 0.454 e. The first-order valence-electron chi connectivity index (χ1n) is 11.1. The van der Waals surface area contributed by atoms with Crippen molar-refractivity contribution in [3.8, 4) is 22.6 Å². The minimum atomic E-state index is -3.49. The van der Waals surface area contributed by atoms with Gasteiger partial charge in [0.15, 0.2) is 11.5 Å². The lowest BCUT2D eigenvalue weighted by Crippen LogP contribution is -2.27. The molecule has 34 heavy (non-hydrogen) atoms. The molecule has 3 aromatic carbocycles. The predicted octanol–water partition coefficient (Wildman–Crippen LogP) is 4.31. The van der Waals surface area contributed by atoms with Crippen molar-refractivity contribution >= 4 is 21.6 Å². The lowest BCUT2D eigenvalue weighted by Gasteiger charge is -2.17. The molecule has 0 saturated heterocycles. The number of rotatable bonds is 6. The van der Waals surface area contributed by atoms with Crippen LogP contribution in [0.25, 0.3) is 11.1 Å². The summed E-state index contributed by atoms with van der Waals surface area (Å²) in [5.41, 5.74) is 3.90. The maximum absolute atomic E-state index is 13.3. The van der Waals surface area contributed by atoms with Crippen LogP contribution in [-0.2, 0) is 20.2 Å². The topological polar surface area (TPSA) is 84.9 Å². The molecule has 2 aliphatic rings. The van der Waals surface area contributed by atoms with Gasteiger partial charge in [0.1, 0.15) is 0 Å². The summed E-state index contributed by atoms with van der Waals surface area (Å²) < 4.78 is 36.8. The molecule has 0 unspecified atom stereocenters. The van der Waals surface area contributed by atoms with Crippen LogP contribution >= 0.6 is 0 Å². The summed E-state index contributed by atoms with van der Waals surface area (Å²) in [5.74, 6) is 1.33. The lowest BCUT2D eigenvalue weighted by atomic mass is 9.94. The number of amides is 1. The Morgan fingerprint density at radius 2 is 1.65 bits per heavy atom. The van der Waals surface area contributed by atoms with E-state index < -0.39 is 15.4 Å². The van der Waals surface area contributed by atoms with Gasteiger partial charge < -0.3 is 14.8 Å². The zero-order valence-corrected chi connectivity index (χ0v) is 20.1. The Morgan fingerprint density at radius 1 is 0.941 bits per heavy atom. The van der Waals surface area contributed by atoms with Gasteiger partial charge in [0.25, 0.3) is 0 Å². The van der Waals surface area contributed by atoms with Gasteiger partial charge in [-0.05, 0) is 78.4 Å². The van der Waals surface area contributed by atoms with Crippen molar-refractivity contribution in [3.05, 3.63) is 71.8 Å². The highest BCUT2D eigenvalue weighted by molar-refractivity contribution is 7.89. The number of ether oxygens (including phenoxy) is 2. The van der Waals surface area contributed by atoms with Gasteiger partial charge in [0, 0.05) is 19.8 Å². The standard InChI is InChI=1S/C26H26N2O5S/c1-17-4-8-20(15-22(17)18-5-9-21(10-6-18)34(30,31)28(2)3)27-25(29)26(12-13-26)19-7-11-23-24(14-19)33-16-32-23/h4-11,14-15H,12-13,16H2,1-3H3,(H,27,29). The molecule has 7 nitrogen and oxygen atoms in total. The van der Waals surface area contributed by atoms with E-state index in [1.807, 2.05) is 43.3 Å². The first-order valence-corrected chi connectivity index (χ1v) is 12.5. The zero-order chi connectivity index (χ0) is 24.1. The van der Waals surface area contributed by atoms with E-state index in [1.165, 1.54) is 18.4 Å². The third-order valence-corrected chi connectivity index (χ3v) is 8.38. The van der Waals surface area contributed by atoms with E-state index in [0.29, 0.717) is 17.2 Å². The molecule has 1 amide bonds. The summed E-state index contributed by atoms with van der Waals surface area (Å²) in [4.78, 5) is 13.5. The SMILES string of the molecule is Cc1ccc(NC(=O)C2(c3ccc4c(c3)OCO4)CC2)cc1-c1ccc(S(=O)(=O)N(C)C)cc1. The number of nitrogens with one attached hydrogen (secondary N) is 1. The number of benzene rings is 3. The number of hydrogen-bond acceptors (Lipinski definition) is 5. The molecule has 5 rings (SSSR count). The van der Waals surface area contributed by atoms with Gasteiger partial charge in [0.2, 0.25) is 22.7 Å². The lowest BCUT2D eigenvalue weighted by molar-refractivity contribution is -0.118. The van der Waals surface area contributed by atoms with Gasteiger partial charge in [-0.1, -0.05) is 24.3 Å². The van der Waals surface area contributed by atoms with E-state index in [0.717, 1.165) is 35.1 Å². The number of fused-ring (bicyclic) bond motifs is 1. The molecular formula is C26H26N2O5S. The Balaban J connectivity index is 1.39. The average molecular weight is 479 g/mol. The van der Waals surface area contributed by atoms with Crippen LogP contribution in [-0.4, -0.2) is 39.5 Å². The fraction of sp³-hybridized carbons (Fsp3) is 0.269. The van der Waals surface area contributed by atoms with Crippen molar-refractivity contribution in [2.24, 2.45) is 0 Å². The molecule has 1 fully saturated rings. The minimum absolute atomic E-state index is 0.0476. The summed E-state index contributed by atoms with van der Waals surface area (Å²) in [6.45, 7) is 2.19. The second-order valence-corrected chi connectivity index (χ2v) is 11.1. The molecule has 8 heteroatoms. The molecule has 0 atom stereocenters. The maximum Gasteiger partial charge on any atom is 0.242 e. The molecule has 1 saturated carbocycles. The summed E-state index contributed by atoms with van der Waals surface area (Å²) in [6, 6.07) is 18.3. The van der Waals surface area contributed by atoms with E-state index in [9.17, 15) is 13.2 Å². The molecule has 1 N–H and O–H groups in total. The number of hydrogen-bond donors (Lipinski definition) is 1. The van der Waals surface area contributed by atoms with Gasteiger partial charge in [-0.15, -0.1) is 0 Å². The van der Waals surface area contributed by atoms with Crippen LogP contribution in [0.4, 0.5) is 5.69 Å². The van der Waals surface area contributed by atoms with Crippen molar-refractivity contribution in [1.82, 2.24) is 4.31 Å². The van der Waals surface area contributed by atoms with Gasteiger partial charge >= 0.3 is 0 Å². The smallest absolute Gasteiger partial charge is 0.242 e. The van der Waals surface area contributed by atoms with Gasteiger partial charge in [-0.3, -0.25) is 4.79 Å². The number of aryl methyl sites for hydroxylation is 1. The molecule has 1 heterocycles. The highest BCUT2D eigenvalue weighted by Gasteiger charge is 2.51. The monoisotopic (exact) mass is 478 g/mol. The second-order valence-electron chi connectivity index (χ2n) is 8.95. The average Bonchev–Trinajstić information content (AvgIpc) is 3.51. The van der Waals surface area contributed by atoms with Crippen LogP contribution in [0.15, 0.2) is 65.6 Å². The van der Waals surface area contributed by atoms with Crippen molar-refractivity contribution < 1.29 is 22.7 Å². The van der Waals surface area contributed by atoms with Crippen LogP contribution in [0, 0.1) is 6.92 Å². The minimum Gasteiger partial charge on any atom is -0.454 e. The van der Waals surface area contributed by atoms with Crippen LogP contribution in [0.5, 0.6) is 11.5 Å². The van der Waals surface area contributed by atoms with E-state index in [1.54, 1.807) is 24.3 Å². The summed E-state index contributed by atoms with van der Waals surface area (Å²) in [5, 5.41) is 3.09. The summed E-state index contributed by atoms with van der Waals surface area (Å²) in [7, 11) is -0.471. The molecule has 3 aromatic rings. The van der Waals surface area contributed by atoms with Crippen LogP contribution < -0.4 is 14.8 Å². The molecule has 1 aliphatic carbocycles. The van der Waals surface area contributed by atoms with Crippen LogP contribution in [0.3, 0.4) is 0 Å². The van der Waals surface area contributed by atoms with E-state index in [-0.39, 0.29) is 17.6 Å². The molecule has 0 aromatic heterocycles. The van der Waals surface area contributed by atoms with Gasteiger partial charge in [-0.2, -0.15) is 0 Å². The number of anilines is 1. The van der Waals surface area contributed by atoms with Crippen molar-refractivity contribution in [1.29, 1.82) is 0 Å². The first kappa shape index (κ1) is 22.4. The Kier molecular flexibility index (Phi) is 5.37. The molecule has 0 radical (unpaired) electrons. The van der Waals surface area contributed by atoms with E-state index in [2.05, 4.69) is 5.32 Å². The quantitative estimate of drug-likeness (QED) is 0.571. The predicted molar refractivity (Wildman–Crippen MR) is 130 cm³/mol. The Bertz CT molecular complexity index is 1380. The third-order valence-electron chi connectivity index (χ3n) is 6.55. The normalized spacial score (nSPS) is 15.9. The molecule has 1 aliphatic heterocycles. The maximum atomic E-state index is 13.3. The fourth-order valence-corrected chi connectivity index (χ4v) is 5.15. The third kappa shape index (κ3) is 3.82. The number of carbonyl (C=O) groups excluding carboxylic acids is 1. The first-order chi connectivity index (χ1) is 16.2. The van der Waals surface area contributed by atoms with Crippen molar-refractivity contribution in [3.63, 3.8) is 0 Å². The van der Waals surface area contributed by atoms with Crippen LogP contribution in [0.2, 0.25) is 0 Å². The zero-order valence-electron chi connectivity index (χ0n) is 19.3.